The SMILES string of the molecule is Cc1nn(-c2ccccc2)c(Cl)c1C(=O)NCc1cccc(C(F)(F)F)c1. The van der Waals surface area contributed by atoms with E-state index in [0.29, 0.717) is 16.9 Å². The first-order valence-electron chi connectivity index (χ1n) is 8.02. The molecule has 0 aliphatic rings. The van der Waals surface area contributed by atoms with Crippen molar-refractivity contribution in [3.05, 3.63) is 82.1 Å². The van der Waals surface area contributed by atoms with Gasteiger partial charge in [0, 0.05) is 6.54 Å². The molecule has 0 unspecified atom stereocenters. The van der Waals surface area contributed by atoms with Crippen molar-refractivity contribution < 1.29 is 18.0 Å². The van der Waals surface area contributed by atoms with E-state index in [4.69, 9.17) is 11.6 Å². The molecule has 0 fully saturated rings. The second-order valence-corrected chi connectivity index (χ2v) is 6.24. The van der Waals surface area contributed by atoms with E-state index in [-0.39, 0.29) is 17.3 Å². The van der Waals surface area contributed by atoms with Gasteiger partial charge < -0.3 is 5.32 Å². The van der Waals surface area contributed by atoms with Crippen LogP contribution in [0, 0.1) is 6.92 Å². The molecule has 8 heteroatoms. The average molecular weight is 394 g/mol. The predicted molar refractivity (Wildman–Crippen MR) is 95.9 cm³/mol. The number of aromatic nitrogens is 2. The second-order valence-electron chi connectivity index (χ2n) is 5.88. The maximum Gasteiger partial charge on any atom is 0.416 e. The van der Waals surface area contributed by atoms with Gasteiger partial charge in [-0.15, -0.1) is 0 Å². The average Bonchev–Trinajstić information content (AvgIpc) is 2.94. The first-order valence-corrected chi connectivity index (χ1v) is 8.40. The molecule has 1 N–H and O–H groups in total. The molecule has 0 spiro atoms. The number of nitrogens with zero attached hydrogens (tertiary/aromatic N) is 2. The third-order valence-corrected chi connectivity index (χ3v) is 4.29. The van der Waals surface area contributed by atoms with E-state index in [1.54, 1.807) is 19.1 Å². The fraction of sp³-hybridized carbons (Fsp3) is 0.158. The summed E-state index contributed by atoms with van der Waals surface area (Å²) < 4.78 is 39.8. The van der Waals surface area contributed by atoms with E-state index in [1.807, 2.05) is 18.2 Å². The van der Waals surface area contributed by atoms with Gasteiger partial charge in [0.15, 0.2) is 0 Å². The third-order valence-electron chi connectivity index (χ3n) is 3.94. The summed E-state index contributed by atoms with van der Waals surface area (Å²) in [5.41, 5.74) is 0.878. The van der Waals surface area contributed by atoms with Gasteiger partial charge in [-0.2, -0.15) is 18.3 Å². The summed E-state index contributed by atoms with van der Waals surface area (Å²) >= 11 is 6.32. The Morgan fingerprint density at radius 3 is 2.52 bits per heavy atom. The van der Waals surface area contributed by atoms with Crippen molar-refractivity contribution >= 4 is 17.5 Å². The normalized spacial score (nSPS) is 11.4. The van der Waals surface area contributed by atoms with Crippen molar-refractivity contribution in [2.24, 2.45) is 0 Å². The topological polar surface area (TPSA) is 46.9 Å². The van der Waals surface area contributed by atoms with Crippen LogP contribution in [0.15, 0.2) is 54.6 Å². The minimum atomic E-state index is -4.43. The van der Waals surface area contributed by atoms with Crippen molar-refractivity contribution in [1.82, 2.24) is 15.1 Å². The van der Waals surface area contributed by atoms with Gasteiger partial charge in [-0.1, -0.05) is 41.9 Å². The van der Waals surface area contributed by atoms with Crippen LogP contribution in [-0.2, 0) is 12.7 Å². The van der Waals surface area contributed by atoms with Crippen molar-refractivity contribution in [1.29, 1.82) is 0 Å². The van der Waals surface area contributed by atoms with Crippen molar-refractivity contribution in [2.75, 3.05) is 0 Å². The van der Waals surface area contributed by atoms with Crippen LogP contribution in [0.4, 0.5) is 13.2 Å². The maximum atomic E-state index is 12.8. The lowest BCUT2D eigenvalue weighted by atomic mass is 10.1. The third kappa shape index (κ3) is 4.14. The molecule has 4 nitrogen and oxygen atoms in total. The molecule has 0 saturated heterocycles. The summed E-state index contributed by atoms with van der Waals surface area (Å²) in [5.74, 6) is -0.503. The van der Waals surface area contributed by atoms with Gasteiger partial charge in [-0.3, -0.25) is 4.79 Å². The highest BCUT2D eigenvalue weighted by atomic mass is 35.5. The van der Waals surface area contributed by atoms with Gasteiger partial charge in [0.25, 0.3) is 5.91 Å². The number of hydrogen-bond acceptors (Lipinski definition) is 2. The minimum Gasteiger partial charge on any atom is -0.348 e. The Bertz CT molecular complexity index is 968. The zero-order chi connectivity index (χ0) is 19.6. The molecule has 3 rings (SSSR count). The summed E-state index contributed by atoms with van der Waals surface area (Å²) in [5, 5.41) is 7.01. The maximum absolute atomic E-state index is 12.8. The number of alkyl halides is 3. The molecule has 0 bridgehead atoms. The molecule has 1 heterocycles. The molecule has 0 atom stereocenters. The van der Waals surface area contributed by atoms with E-state index in [2.05, 4.69) is 10.4 Å². The Morgan fingerprint density at radius 2 is 1.85 bits per heavy atom. The van der Waals surface area contributed by atoms with Gasteiger partial charge in [0.05, 0.1) is 22.5 Å². The molecule has 140 valence electrons. The molecule has 2 aromatic carbocycles. The summed E-state index contributed by atoms with van der Waals surface area (Å²) in [6.07, 6.45) is -4.43. The lowest BCUT2D eigenvalue weighted by Crippen LogP contribution is -2.23. The first kappa shape index (κ1) is 19.0. The van der Waals surface area contributed by atoms with Crippen molar-refractivity contribution in [2.45, 2.75) is 19.6 Å². The highest BCUT2D eigenvalue weighted by molar-refractivity contribution is 6.33. The minimum absolute atomic E-state index is 0.0605. The van der Waals surface area contributed by atoms with Gasteiger partial charge in [-0.05, 0) is 36.8 Å². The Kier molecular flexibility index (Phi) is 5.23. The van der Waals surface area contributed by atoms with E-state index in [9.17, 15) is 18.0 Å². The second kappa shape index (κ2) is 7.44. The van der Waals surface area contributed by atoms with Crippen LogP contribution >= 0.6 is 11.6 Å². The van der Waals surface area contributed by atoms with Gasteiger partial charge in [0.1, 0.15) is 5.15 Å². The van der Waals surface area contributed by atoms with Crippen molar-refractivity contribution in [3.8, 4) is 5.69 Å². The number of benzene rings is 2. The highest BCUT2D eigenvalue weighted by Crippen LogP contribution is 2.29. The summed E-state index contributed by atoms with van der Waals surface area (Å²) in [6.45, 7) is 1.58. The largest absolute Gasteiger partial charge is 0.416 e. The smallest absolute Gasteiger partial charge is 0.348 e. The fourth-order valence-corrected chi connectivity index (χ4v) is 2.98. The molecular formula is C19H15ClF3N3O. The van der Waals surface area contributed by atoms with Gasteiger partial charge in [0.2, 0.25) is 0 Å². The molecule has 1 aromatic heterocycles. The zero-order valence-electron chi connectivity index (χ0n) is 14.2. The number of rotatable bonds is 4. The number of amides is 1. The Labute approximate surface area is 158 Å². The molecular weight excluding hydrogens is 379 g/mol. The van der Waals surface area contributed by atoms with E-state index in [1.165, 1.54) is 16.8 Å². The van der Waals surface area contributed by atoms with Crippen LogP contribution < -0.4 is 5.32 Å². The fourth-order valence-electron chi connectivity index (χ4n) is 2.63. The van der Waals surface area contributed by atoms with Crippen LogP contribution in [-0.4, -0.2) is 15.7 Å². The number of hydrogen-bond donors (Lipinski definition) is 1. The van der Waals surface area contributed by atoms with Gasteiger partial charge in [-0.25, -0.2) is 4.68 Å². The molecule has 0 aliphatic carbocycles. The lowest BCUT2D eigenvalue weighted by Gasteiger charge is -2.10. The van der Waals surface area contributed by atoms with Crippen LogP contribution in [0.2, 0.25) is 5.15 Å². The number of halogens is 4. The van der Waals surface area contributed by atoms with Crippen LogP contribution in [0.3, 0.4) is 0 Å². The first-order chi connectivity index (χ1) is 12.8. The summed E-state index contributed by atoms with van der Waals surface area (Å²) in [4.78, 5) is 12.5. The number of carbonyl (C=O) groups excluding carboxylic acids is 1. The summed E-state index contributed by atoms with van der Waals surface area (Å²) in [7, 11) is 0. The molecule has 0 saturated carbocycles. The van der Waals surface area contributed by atoms with Crippen LogP contribution in [0.25, 0.3) is 5.69 Å². The quantitative estimate of drug-likeness (QED) is 0.693. The number of para-hydroxylation sites is 1. The summed E-state index contributed by atoms with van der Waals surface area (Å²) in [6, 6.07) is 13.9. The van der Waals surface area contributed by atoms with Crippen LogP contribution in [0.5, 0.6) is 0 Å². The monoisotopic (exact) mass is 393 g/mol. The molecule has 1 amide bonds. The van der Waals surface area contributed by atoms with E-state index >= 15 is 0 Å². The zero-order valence-corrected chi connectivity index (χ0v) is 15.0. The van der Waals surface area contributed by atoms with Crippen molar-refractivity contribution in [3.63, 3.8) is 0 Å². The molecule has 0 radical (unpaired) electrons. The number of aryl methyl sites for hydroxylation is 1. The molecule has 0 aliphatic heterocycles. The Balaban J connectivity index is 1.79. The van der Waals surface area contributed by atoms with E-state index < -0.39 is 17.6 Å². The van der Waals surface area contributed by atoms with E-state index in [0.717, 1.165) is 12.1 Å². The van der Waals surface area contributed by atoms with Crippen LogP contribution in [0.1, 0.15) is 27.2 Å². The molecule has 27 heavy (non-hydrogen) atoms. The molecule has 3 aromatic rings. The number of carbonyl (C=O) groups is 1. The predicted octanol–water partition coefficient (Wildman–Crippen LogP) is 4.78. The van der Waals surface area contributed by atoms with Gasteiger partial charge >= 0.3 is 6.18 Å². The highest BCUT2D eigenvalue weighted by Gasteiger charge is 2.30. The standard InChI is InChI=1S/C19H15ClF3N3O/c1-12-16(17(20)26(25-12)15-8-3-2-4-9-15)18(27)24-11-13-6-5-7-14(10-13)19(21,22)23/h2-10H,11H2,1H3,(H,24,27). The lowest BCUT2D eigenvalue weighted by molar-refractivity contribution is -0.137. The number of nitrogens with one attached hydrogen (secondary N) is 1. The Morgan fingerprint density at radius 1 is 1.15 bits per heavy atom. The Hall–Kier alpha value is -2.80.